The summed E-state index contributed by atoms with van der Waals surface area (Å²) < 4.78 is 0. The molecule has 0 heterocycles. The van der Waals surface area contributed by atoms with Crippen LogP contribution in [0.5, 0.6) is 0 Å². The molecule has 0 fully saturated rings. The van der Waals surface area contributed by atoms with E-state index in [9.17, 15) is 4.79 Å². The Hall–Kier alpha value is -0.840. The van der Waals surface area contributed by atoms with E-state index in [1.54, 1.807) is 0 Å². The van der Waals surface area contributed by atoms with Gasteiger partial charge in [-0.15, -0.1) is 0 Å². The van der Waals surface area contributed by atoms with E-state index in [4.69, 9.17) is 5.26 Å². The Bertz CT molecular complexity index is 183. The van der Waals surface area contributed by atoms with Crippen molar-refractivity contribution in [1.82, 2.24) is 0 Å². The van der Waals surface area contributed by atoms with Crippen LogP contribution in [0.3, 0.4) is 0 Å². The van der Waals surface area contributed by atoms with Crippen LogP contribution in [-0.2, 0) is 4.79 Å². The van der Waals surface area contributed by atoms with E-state index in [2.05, 4.69) is 6.92 Å². The van der Waals surface area contributed by atoms with Gasteiger partial charge in [0.05, 0.1) is 6.07 Å². The second kappa shape index (κ2) is 11.2. The Labute approximate surface area is 93.7 Å². The summed E-state index contributed by atoms with van der Waals surface area (Å²) >= 11 is 0. The van der Waals surface area contributed by atoms with E-state index in [-0.39, 0.29) is 5.92 Å². The van der Waals surface area contributed by atoms with Crippen molar-refractivity contribution < 1.29 is 4.79 Å². The van der Waals surface area contributed by atoms with Gasteiger partial charge in [0.25, 0.3) is 0 Å². The summed E-state index contributed by atoms with van der Waals surface area (Å²) in [5.41, 5.74) is 0. The largest absolute Gasteiger partial charge is 0.302 e. The van der Waals surface area contributed by atoms with Gasteiger partial charge in [0.15, 0.2) is 0 Å². The lowest BCUT2D eigenvalue weighted by atomic mass is 10.0. The average Bonchev–Trinajstić information content (AvgIpc) is 2.27. The minimum absolute atomic E-state index is 0.370. The molecule has 1 unspecified atom stereocenters. The van der Waals surface area contributed by atoms with Crippen LogP contribution < -0.4 is 0 Å². The van der Waals surface area contributed by atoms with Crippen LogP contribution in [-0.4, -0.2) is 6.29 Å². The molecule has 2 heteroatoms. The van der Waals surface area contributed by atoms with Crippen molar-refractivity contribution in [3.8, 4) is 6.07 Å². The maximum absolute atomic E-state index is 10.4. The normalized spacial score (nSPS) is 12.0. The molecule has 0 aliphatic rings. The Morgan fingerprint density at radius 1 is 1.07 bits per heavy atom. The first-order chi connectivity index (χ1) is 7.35. The minimum Gasteiger partial charge on any atom is -0.302 e. The van der Waals surface area contributed by atoms with E-state index in [1.165, 1.54) is 38.5 Å². The zero-order valence-corrected chi connectivity index (χ0v) is 9.87. The molecule has 0 amide bonds. The molecule has 0 bridgehead atoms. The smallest absolute Gasteiger partial charge is 0.137 e. The van der Waals surface area contributed by atoms with Crippen LogP contribution in [0, 0.1) is 17.2 Å². The summed E-state index contributed by atoms with van der Waals surface area (Å²) in [5.74, 6) is -0.370. The minimum atomic E-state index is -0.370. The summed E-state index contributed by atoms with van der Waals surface area (Å²) in [7, 11) is 0. The maximum atomic E-state index is 10.4. The molecule has 0 saturated heterocycles. The lowest BCUT2D eigenvalue weighted by molar-refractivity contribution is -0.109. The predicted molar refractivity (Wildman–Crippen MR) is 62.4 cm³/mol. The molecule has 0 radical (unpaired) electrons. The number of carbonyl (C=O) groups is 1. The van der Waals surface area contributed by atoms with Gasteiger partial charge in [-0.05, 0) is 6.42 Å². The zero-order valence-electron chi connectivity index (χ0n) is 9.87. The molecule has 0 rings (SSSR count). The summed E-state index contributed by atoms with van der Waals surface area (Å²) in [4.78, 5) is 10.4. The van der Waals surface area contributed by atoms with Gasteiger partial charge in [-0.1, -0.05) is 58.3 Å². The number of nitrogens with zero attached hydrogens (tertiary/aromatic N) is 1. The third-order valence-electron chi connectivity index (χ3n) is 2.70. The first-order valence-electron chi connectivity index (χ1n) is 6.20. The fourth-order valence-electron chi connectivity index (χ4n) is 1.66. The monoisotopic (exact) mass is 209 g/mol. The van der Waals surface area contributed by atoms with Gasteiger partial charge in [-0.25, -0.2) is 0 Å². The highest BCUT2D eigenvalue weighted by Gasteiger charge is 2.03. The summed E-state index contributed by atoms with van der Waals surface area (Å²) in [5, 5.41) is 8.54. The van der Waals surface area contributed by atoms with E-state index in [0.717, 1.165) is 25.5 Å². The van der Waals surface area contributed by atoms with Crippen LogP contribution >= 0.6 is 0 Å². The summed E-state index contributed by atoms with van der Waals surface area (Å²) in [6.45, 7) is 2.22. The Kier molecular flexibility index (Phi) is 10.6. The summed E-state index contributed by atoms with van der Waals surface area (Å²) in [6, 6.07) is 2.00. The van der Waals surface area contributed by atoms with Crippen LogP contribution in [0.1, 0.15) is 64.7 Å². The number of unbranched alkanes of at least 4 members (excludes halogenated alkanes) is 7. The van der Waals surface area contributed by atoms with Crippen molar-refractivity contribution in [3.05, 3.63) is 0 Å². The molecule has 0 saturated carbocycles. The molecule has 1 atom stereocenters. The zero-order chi connectivity index (χ0) is 11.4. The SMILES string of the molecule is CCCCCCCCCCC(C#N)C=O. The lowest BCUT2D eigenvalue weighted by Crippen LogP contribution is -1.97. The van der Waals surface area contributed by atoms with Gasteiger partial charge in [-0.3, -0.25) is 0 Å². The molecule has 0 aromatic rings. The molecule has 0 N–H and O–H groups in total. The Morgan fingerprint density at radius 3 is 2.07 bits per heavy atom. The molecule has 86 valence electrons. The first-order valence-corrected chi connectivity index (χ1v) is 6.20. The van der Waals surface area contributed by atoms with E-state index < -0.39 is 0 Å². The molecule has 2 nitrogen and oxygen atoms in total. The van der Waals surface area contributed by atoms with Crippen LogP contribution in [0.25, 0.3) is 0 Å². The third kappa shape index (κ3) is 9.46. The average molecular weight is 209 g/mol. The van der Waals surface area contributed by atoms with Crippen molar-refractivity contribution in [2.24, 2.45) is 5.92 Å². The van der Waals surface area contributed by atoms with Gasteiger partial charge in [-0.2, -0.15) is 5.26 Å². The third-order valence-corrected chi connectivity index (χ3v) is 2.70. The fourth-order valence-corrected chi connectivity index (χ4v) is 1.66. The Balaban J connectivity index is 3.11. The number of nitriles is 1. The van der Waals surface area contributed by atoms with E-state index >= 15 is 0 Å². The van der Waals surface area contributed by atoms with E-state index in [1.807, 2.05) is 6.07 Å². The molecule has 15 heavy (non-hydrogen) atoms. The van der Waals surface area contributed by atoms with Crippen LogP contribution in [0.15, 0.2) is 0 Å². The second-order valence-electron chi connectivity index (χ2n) is 4.14. The van der Waals surface area contributed by atoms with Gasteiger partial charge < -0.3 is 4.79 Å². The molecular formula is C13H23NO. The van der Waals surface area contributed by atoms with Gasteiger partial charge >= 0.3 is 0 Å². The highest BCUT2D eigenvalue weighted by Crippen LogP contribution is 2.11. The van der Waals surface area contributed by atoms with Gasteiger partial charge in [0.1, 0.15) is 12.2 Å². The maximum Gasteiger partial charge on any atom is 0.137 e. The molecule has 0 aliphatic carbocycles. The van der Waals surface area contributed by atoms with E-state index in [0.29, 0.717) is 0 Å². The number of rotatable bonds is 10. The van der Waals surface area contributed by atoms with Gasteiger partial charge in [0.2, 0.25) is 0 Å². The van der Waals surface area contributed by atoms with Gasteiger partial charge in [0, 0.05) is 0 Å². The van der Waals surface area contributed by atoms with Crippen molar-refractivity contribution in [2.45, 2.75) is 64.7 Å². The van der Waals surface area contributed by atoms with Crippen molar-refractivity contribution in [3.63, 3.8) is 0 Å². The quantitative estimate of drug-likeness (QED) is 0.405. The topological polar surface area (TPSA) is 40.9 Å². The first kappa shape index (κ1) is 14.2. The van der Waals surface area contributed by atoms with Crippen molar-refractivity contribution in [1.29, 1.82) is 5.26 Å². The molecule has 0 aromatic heterocycles. The fraction of sp³-hybridized carbons (Fsp3) is 0.846. The standard InChI is InChI=1S/C13H23NO/c1-2-3-4-5-6-7-8-9-10-13(11-14)12-15/h12-13H,2-10H2,1H3. The number of aldehydes is 1. The number of carbonyl (C=O) groups excluding carboxylic acids is 1. The summed E-state index contributed by atoms with van der Waals surface area (Å²) in [6.07, 6.45) is 11.6. The number of hydrogen-bond donors (Lipinski definition) is 0. The number of hydrogen-bond acceptors (Lipinski definition) is 2. The predicted octanol–water partition coefficient (Wildman–Crippen LogP) is 3.86. The van der Waals surface area contributed by atoms with Crippen molar-refractivity contribution >= 4 is 6.29 Å². The molecule has 0 aliphatic heterocycles. The molecular weight excluding hydrogens is 186 g/mol. The lowest BCUT2D eigenvalue weighted by Gasteiger charge is -2.02. The second-order valence-corrected chi connectivity index (χ2v) is 4.14. The van der Waals surface area contributed by atoms with Crippen LogP contribution in [0.4, 0.5) is 0 Å². The van der Waals surface area contributed by atoms with Crippen LogP contribution in [0.2, 0.25) is 0 Å². The molecule has 0 aromatic carbocycles. The Morgan fingerprint density at radius 2 is 1.60 bits per heavy atom. The highest BCUT2D eigenvalue weighted by atomic mass is 16.1. The molecule has 0 spiro atoms. The highest BCUT2D eigenvalue weighted by molar-refractivity contribution is 5.57. The van der Waals surface area contributed by atoms with Crippen molar-refractivity contribution in [2.75, 3.05) is 0 Å².